The quantitative estimate of drug-likeness (QED) is 0.775. The fourth-order valence-corrected chi connectivity index (χ4v) is 1.99. The zero-order valence-electron chi connectivity index (χ0n) is 11.1. The first kappa shape index (κ1) is 14.0. The fraction of sp³-hybridized carbons (Fsp3) is 0.846. The van der Waals surface area contributed by atoms with Crippen molar-refractivity contribution in [3.8, 4) is 0 Å². The molecule has 1 rings (SSSR count). The third-order valence-corrected chi connectivity index (χ3v) is 3.86. The maximum atomic E-state index is 12.3. The number of nitrogens with zero attached hydrogens (tertiary/aromatic N) is 1. The third-order valence-electron chi connectivity index (χ3n) is 3.86. The summed E-state index contributed by atoms with van der Waals surface area (Å²) in [6.45, 7) is 7.60. The van der Waals surface area contributed by atoms with Crippen LogP contribution >= 0.6 is 0 Å². The molecule has 1 aliphatic carbocycles. The monoisotopic (exact) mass is 241 g/mol. The predicted molar refractivity (Wildman–Crippen MR) is 65.6 cm³/mol. The summed E-state index contributed by atoms with van der Waals surface area (Å²) in [4.78, 5) is 25.0. The first-order valence-corrected chi connectivity index (χ1v) is 6.45. The Labute approximate surface area is 103 Å². The van der Waals surface area contributed by atoms with E-state index in [1.807, 2.05) is 13.8 Å². The molecule has 0 aliphatic heterocycles. The molecule has 0 aromatic heterocycles. The third kappa shape index (κ3) is 3.20. The van der Waals surface area contributed by atoms with E-state index in [2.05, 4.69) is 6.92 Å². The lowest BCUT2D eigenvalue weighted by Gasteiger charge is -2.31. The Morgan fingerprint density at radius 2 is 1.82 bits per heavy atom. The van der Waals surface area contributed by atoms with Crippen LogP contribution in [0, 0.1) is 11.8 Å². The number of carboxylic acid groups (broad SMARTS) is 1. The first-order valence-electron chi connectivity index (χ1n) is 6.45. The van der Waals surface area contributed by atoms with Gasteiger partial charge in [0.1, 0.15) is 6.04 Å². The van der Waals surface area contributed by atoms with Crippen LogP contribution in [0.3, 0.4) is 0 Å². The lowest BCUT2D eigenvalue weighted by Crippen LogP contribution is -2.47. The van der Waals surface area contributed by atoms with Crippen LogP contribution in [0.5, 0.6) is 0 Å². The number of aliphatic carboxylic acids is 1. The standard InChI is InChI=1S/C13H23NO3/c1-5-8(2)9(3)12(15)14(11-6-7-11)10(4)13(16)17/h8-11H,5-7H2,1-4H3,(H,16,17). The lowest BCUT2D eigenvalue weighted by molar-refractivity contribution is -0.152. The zero-order valence-corrected chi connectivity index (χ0v) is 11.1. The number of hydrogen-bond donors (Lipinski definition) is 1. The van der Waals surface area contributed by atoms with Gasteiger partial charge >= 0.3 is 5.97 Å². The summed E-state index contributed by atoms with van der Waals surface area (Å²) >= 11 is 0. The van der Waals surface area contributed by atoms with Crippen LogP contribution in [0.25, 0.3) is 0 Å². The highest BCUT2D eigenvalue weighted by molar-refractivity contribution is 5.85. The van der Waals surface area contributed by atoms with Crippen molar-refractivity contribution in [1.29, 1.82) is 0 Å². The van der Waals surface area contributed by atoms with Crippen LogP contribution in [0.1, 0.15) is 47.0 Å². The van der Waals surface area contributed by atoms with E-state index in [-0.39, 0.29) is 17.9 Å². The first-order chi connectivity index (χ1) is 7.90. The summed E-state index contributed by atoms with van der Waals surface area (Å²) in [5.41, 5.74) is 0. The Kier molecular flexibility index (Phi) is 4.54. The maximum absolute atomic E-state index is 12.3. The molecular weight excluding hydrogens is 218 g/mol. The topological polar surface area (TPSA) is 57.6 Å². The minimum atomic E-state index is -0.915. The number of carboxylic acids is 1. The molecule has 4 heteroatoms. The molecule has 17 heavy (non-hydrogen) atoms. The van der Waals surface area contributed by atoms with E-state index >= 15 is 0 Å². The van der Waals surface area contributed by atoms with Gasteiger partial charge < -0.3 is 10.0 Å². The number of carbonyl (C=O) groups excluding carboxylic acids is 1. The van der Waals surface area contributed by atoms with Gasteiger partial charge in [0.05, 0.1) is 0 Å². The van der Waals surface area contributed by atoms with E-state index in [9.17, 15) is 9.59 Å². The van der Waals surface area contributed by atoms with Crippen LogP contribution in [0.2, 0.25) is 0 Å². The van der Waals surface area contributed by atoms with E-state index in [1.165, 1.54) is 0 Å². The average molecular weight is 241 g/mol. The second kappa shape index (κ2) is 5.52. The van der Waals surface area contributed by atoms with E-state index in [0.29, 0.717) is 5.92 Å². The van der Waals surface area contributed by atoms with Gasteiger partial charge in [-0.1, -0.05) is 27.2 Å². The highest BCUT2D eigenvalue weighted by Gasteiger charge is 2.40. The summed E-state index contributed by atoms with van der Waals surface area (Å²) < 4.78 is 0. The van der Waals surface area contributed by atoms with E-state index in [1.54, 1.807) is 11.8 Å². The SMILES string of the molecule is CCC(C)C(C)C(=O)N(C1CC1)C(C)C(=O)O. The number of hydrogen-bond acceptors (Lipinski definition) is 2. The van der Waals surface area contributed by atoms with Crippen molar-refractivity contribution in [2.45, 2.75) is 59.0 Å². The second-order valence-electron chi connectivity index (χ2n) is 5.17. The lowest BCUT2D eigenvalue weighted by atomic mass is 9.92. The van der Waals surface area contributed by atoms with Crippen LogP contribution in [0.15, 0.2) is 0 Å². The molecule has 0 aromatic carbocycles. The Balaban J connectivity index is 2.77. The summed E-state index contributed by atoms with van der Waals surface area (Å²) in [5.74, 6) is -0.717. The van der Waals surface area contributed by atoms with Gasteiger partial charge in [-0.3, -0.25) is 4.79 Å². The molecule has 1 N–H and O–H groups in total. The van der Waals surface area contributed by atoms with Crippen molar-refractivity contribution < 1.29 is 14.7 Å². The number of carbonyl (C=O) groups is 2. The Hall–Kier alpha value is -1.06. The van der Waals surface area contributed by atoms with Crippen LogP contribution in [-0.2, 0) is 9.59 Å². The van der Waals surface area contributed by atoms with Crippen LogP contribution in [-0.4, -0.2) is 34.0 Å². The molecule has 98 valence electrons. The maximum Gasteiger partial charge on any atom is 0.326 e. The molecule has 3 atom stereocenters. The highest BCUT2D eigenvalue weighted by Crippen LogP contribution is 2.31. The summed E-state index contributed by atoms with van der Waals surface area (Å²) in [6.07, 6.45) is 2.82. The van der Waals surface area contributed by atoms with Crippen molar-refractivity contribution in [1.82, 2.24) is 4.90 Å². The van der Waals surface area contributed by atoms with Gasteiger partial charge in [-0.25, -0.2) is 4.79 Å². The second-order valence-corrected chi connectivity index (χ2v) is 5.17. The van der Waals surface area contributed by atoms with E-state index in [0.717, 1.165) is 19.3 Å². The van der Waals surface area contributed by atoms with Crippen molar-refractivity contribution in [3.63, 3.8) is 0 Å². The van der Waals surface area contributed by atoms with Crippen molar-refractivity contribution >= 4 is 11.9 Å². The molecule has 1 aliphatic rings. The van der Waals surface area contributed by atoms with Crippen LogP contribution in [0.4, 0.5) is 0 Å². The van der Waals surface area contributed by atoms with E-state index < -0.39 is 12.0 Å². The molecule has 0 saturated heterocycles. The van der Waals surface area contributed by atoms with Gasteiger partial charge in [0.25, 0.3) is 0 Å². The summed E-state index contributed by atoms with van der Waals surface area (Å²) in [6, 6.07) is -0.554. The van der Waals surface area contributed by atoms with Gasteiger partial charge in [-0.05, 0) is 25.7 Å². The van der Waals surface area contributed by atoms with Crippen molar-refractivity contribution in [3.05, 3.63) is 0 Å². The molecule has 0 spiro atoms. The van der Waals surface area contributed by atoms with Gasteiger partial charge in [0.2, 0.25) is 5.91 Å². The van der Waals surface area contributed by atoms with Gasteiger partial charge in [0.15, 0.2) is 0 Å². The van der Waals surface area contributed by atoms with Gasteiger partial charge in [-0.15, -0.1) is 0 Å². The fourth-order valence-electron chi connectivity index (χ4n) is 1.99. The normalized spacial score (nSPS) is 20.5. The molecule has 0 aromatic rings. The molecule has 3 unspecified atom stereocenters. The molecule has 4 nitrogen and oxygen atoms in total. The summed E-state index contributed by atoms with van der Waals surface area (Å²) in [7, 11) is 0. The van der Waals surface area contributed by atoms with Gasteiger partial charge in [0, 0.05) is 12.0 Å². The van der Waals surface area contributed by atoms with Crippen molar-refractivity contribution in [2.24, 2.45) is 11.8 Å². The molecule has 0 heterocycles. The highest BCUT2D eigenvalue weighted by atomic mass is 16.4. The number of rotatable bonds is 6. The number of amides is 1. The summed E-state index contributed by atoms with van der Waals surface area (Å²) in [5, 5.41) is 9.06. The Morgan fingerprint density at radius 1 is 1.29 bits per heavy atom. The predicted octanol–water partition coefficient (Wildman–Crippen LogP) is 2.13. The van der Waals surface area contributed by atoms with Gasteiger partial charge in [-0.2, -0.15) is 0 Å². The smallest absolute Gasteiger partial charge is 0.326 e. The largest absolute Gasteiger partial charge is 0.480 e. The molecule has 1 saturated carbocycles. The Bertz CT molecular complexity index is 299. The minimum Gasteiger partial charge on any atom is -0.480 e. The molecule has 1 amide bonds. The molecule has 0 radical (unpaired) electrons. The zero-order chi connectivity index (χ0) is 13.2. The minimum absolute atomic E-state index is 0.00301. The van der Waals surface area contributed by atoms with Crippen LogP contribution < -0.4 is 0 Å². The van der Waals surface area contributed by atoms with E-state index in [4.69, 9.17) is 5.11 Å². The van der Waals surface area contributed by atoms with Crippen molar-refractivity contribution in [2.75, 3.05) is 0 Å². The Morgan fingerprint density at radius 3 is 2.18 bits per heavy atom. The molecule has 1 fully saturated rings. The molecule has 0 bridgehead atoms. The molecular formula is C13H23NO3. The average Bonchev–Trinajstić information content (AvgIpc) is 3.11.